The number of hydrogen-bond donors (Lipinski definition) is 2. The predicted molar refractivity (Wildman–Crippen MR) is 102 cm³/mol. The Bertz CT molecular complexity index is 608. The van der Waals surface area contributed by atoms with E-state index in [-0.39, 0.29) is 17.5 Å². The van der Waals surface area contributed by atoms with Gasteiger partial charge in [0.25, 0.3) is 0 Å². The standard InChI is InChI=1S/C19H33N5O2/c1-19(2,3)16-12-17(23(4)22-16)21-18(25)20-14-7-9-24(10-8-14)13-15-6-5-11-26-15/h12,14-15H,5-11,13H2,1-4H3,(H2,20,21,25)/t15-/m1/s1. The number of aromatic nitrogens is 2. The number of hydrogen-bond acceptors (Lipinski definition) is 4. The van der Waals surface area contributed by atoms with Gasteiger partial charge in [-0.1, -0.05) is 20.8 Å². The lowest BCUT2D eigenvalue weighted by molar-refractivity contribution is 0.0633. The minimum absolute atomic E-state index is 0.0377. The van der Waals surface area contributed by atoms with Gasteiger partial charge >= 0.3 is 6.03 Å². The van der Waals surface area contributed by atoms with Gasteiger partial charge in [-0.2, -0.15) is 5.10 Å². The van der Waals surface area contributed by atoms with Crippen molar-refractivity contribution in [3.05, 3.63) is 11.8 Å². The van der Waals surface area contributed by atoms with Crippen LogP contribution in [0.5, 0.6) is 0 Å². The third-order valence-electron chi connectivity index (χ3n) is 5.30. The van der Waals surface area contributed by atoms with E-state index in [0.29, 0.717) is 6.10 Å². The second-order valence-corrected chi connectivity index (χ2v) is 8.60. The maximum Gasteiger partial charge on any atom is 0.320 e. The summed E-state index contributed by atoms with van der Waals surface area (Å²) in [4.78, 5) is 14.8. The van der Waals surface area contributed by atoms with Crippen LogP contribution in [0.2, 0.25) is 0 Å². The minimum atomic E-state index is -0.147. The summed E-state index contributed by atoms with van der Waals surface area (Å²) in [5, 5.41) is 10.5. The summed E-state index contributed by atoms with van der Waals surface area (Å²) in [6.07, 6.45) is 4.75. The van der Waals surface area contributed by atoms with Gasteiger partial charge in [0, 0.05) is 50.8 Å². The van der Waals surface area contributed by atoms with E-state index in [1.54, 1.807) is 4.68 Å². The van der Waals surface area contributed by atoms with Gasteiger partial charge in [-0.3, -0.25) is 10.00 Å². The molecule has 0 bridgehead atoms. The number of rotatable bonds is 4. The Kier molecular flexibility index (Phi) is 5.87. The van der Waals surface area contributed by atoms with E-state index in [4.69, 9.17) is 4.74 Å². The van der Waals surface area contributed by atoms with Gasteiger partial charge in [-0.25, -0.2) is 4.79 Å². The number of nitrogens with one attached hydrogen (secondary N) is 2. The normalized spacial score (nSPS) is 22.5. The summed E-state index contributed by atoms with van der Waals surface area (Å²) in [5.74, 6) is 0.725. The number of urea groups is 1. The van der Waals surface area contributed by atoms with Crippen molar-refractivity contribution in [3.63, 3.8) is 0 Å². The molecule has 2 aliphatic heterocycles. The fourth-order valence-electron chi connectivity index (χ4n) is 3.62. The maximum atomic E-state index is 12.4. The molecule has 3 rings (SSSR count). The lowest BCUT2D eigenvalue weighted by atomic mass is 9.92. The molecule has 3 heterocycles. The third-order valence-corrected chi connectivity index (χ3v) is 5.30. The van der Waals surface area contributed by atoms with Crippen LogP contribution in [-0.2, 0) is 17.2 Å². The number of ether oxygens (including phenoxy) is 1. The molecule has 2 saturated heterocycles. The Labute approximate surface area is 156 Å². The van der Waals surface area contributed by atoms with Crippen molar-refractivity contribution in [2.24, 2.45) is 7.05 Å². The average Bonchev–Trinajstić information content (AvgIpc) is 3.19. The van der Waals surface area contributed by atoms with Crippen molar-refractivity contribution < 1.29 is 9.53 Å². The fourth-order valence-corrected chi connectivity index (χ4v) is 3.62. The smallest absolute Gasteiger partial charge is 0.320 e. The van der Waals surface area contributed by atoms with E-state index in [1.165, 1.54) is 12.8 Å². The van der Waals surface area contributed by atoms with Gasteiger partial charge < -0.3 is 15.0 Å². The molecule has 2 aliphatic rings. The lowest BCUT2D eigenvalue weighted by Gasteiger charge is -2.33. The summed E-state index contributed by atoms with van der Waals surface area (Å²) < 4.78 is 7.45. The largest absolute Gasteiger partial charge is 0.377 e. The van der Waals surface area contributed by atoms with Crippen molar-refractivity contribution in [1.29, 1.82) is 0 Å². The van der Waals surface area contributed by atoms with Gasteiger partial charge in [0.05, 0.1) is 11.8 Å². The average molecular weight is 364 g/mol. The van der Waals surface area contributed by atoms with E-state index in [2.05, 4.69) is 41.4 Å². The number of anilines is 1. The fraction of sp³-hybridized carbons (Fsp3) is 0.789. The Morgan fingerprint density at radius 2 is 2.04 bits per heavy atom. The molecule has 0 saturated carbocycles. The van der Waals surface area contributed by atoms with Crippen LogP contribution in [0.25, 0.3) is 0 Å². The first-order valence-corrected chi connectivity index (χ1v) is 9.77. The van der Waals surface area contributed by atoms with Crippen LogP contribution < -0.4 is 10.6 Å². The molecule has 1 atom stereocenters. The van der Waals surface area contributed by atoms with Gasteiger partial charge in [0.15, 0.2) is 0 Å². The van der Waals surface area contributed by atoms with E-state index >= 15 is 0 Å². The molecular weight excluding hydrogens is 330 g/mol. The lowest BCUT2D eigenvalue weighted by Crippen LogP contribution is -2.47. The third kappa shape index (κ3) is 4.98. The molecule has 0 aliphatic carbocycles. The molecule has 26 heavy (non-hydrogen) atoms. The predicted octanol–water partition coefficient (Wildman–Crippen LogP) is 2.48. The molecule has 0 unspecified atom stereocenters. The second kappa shape index (κ2) is 7.96. The highest BCUT2D eigenvalue weighted by Crippen LogP contribution is 2.23. The van der Waals surface area contributed by atoms with Crippen molar-refractivity contribution in [2.45, 2.75) is 64.0 Å². The SMILES string of the molecule is Cn1nc(C(C)(C)C)cc1NC(=O)NC1CCN(C[C@H]2CCCO2)CC1. The van der Waals surface area contributed by atoms with Gasteiger partial charge in [-0.15, -0.1) is 0 Å². The molecule has 1 aromatic heterocycles. The molecular formula is C19H33N5O2. The van der Waals surface area contributed by atoms with Crippen molar-refractivity contribution in [1.82, 2.24) is 20.0 Å². The van der Waals surface area contributed by atoms with Crippen LogP contribution in [0.4, 0.5) is 10.6 Å². The quantitative estimate of drug-likeness (QED) is 0.862. The van der Waals surface area contributed by atoms with E-state index in [0.717, 1.165) is 50.6 Å². The van der Waals surface area contributed by atoms with Crippen molar-refractivity contribution in [3.8, 4) is 0 Å². The molecule has 2 amide bonds. The Morgan fingerprint density at radius 3 is 2.62 bits per heavy atom. The summed E-state index contributed by atoms with van der Waals surface area (Å²) in [7, 11) is 1.86. The number of aryl methyl sites for hydroxylation is 1. The summed E-state index contributed by atoms with van der Waals surface area (Å²) in [5.41, 5.74) is 0.932. The van der Waals surface area contributed by atoms with Crippen LogP contribution >= 0.6 is 0 Å². The molecule has 7 nitrogen and oxygen atoms in total. The highest BCUT2D eigenvalue weighted by Gasteiger charge is 2.25. The van der Waals surface area contributed by atoms with Crippen molar-refractivity contribution in [2.75, 3.05) is 31.6 Å². The number of likely N-dealkylation sites (tertiary alicyclic amines) is 1. The zero-order valence-electron chi connectivity index (χ0n) is 16.5. The van der Waals surface area contributed by atoms with Crippen LogP contribution in [0, 0.1) is 0 Å². The van der Waals surface area contributed by atoms with E-state index in [1.807, 2.05) is 13.1 Å². The van der Waals surface area contributed by atoms with Gasteiger partial charge in [0.2, 0.25) is 0 Å². The number of amides is 2. The molecule has 0 radical (unpaired) electrons. The Hall–Kier alpha value is -1.60. The first-order valence-electron chi connectivity index (χ1n) is 9.77. The molecule has 0 spiro atoms. The summed E-state index contributed by atoms with van der Waals surface area (Å²) in [6, 6.07) is 2.03. The number of piperidine rings is 1. The number of carbonyl (C=O) groups is 1. The van der Waals surface area contributed by atoms with Crippen LogP contribution in [0.15, 0.2) is 6.07 Å². The summed E-state index contributed by atoms with van der Waals surface area (Å²) in [6.45, 7) is 10.3. The second-order valence-electron chi connectivity index (χ2n) is 8.60. The molecule has 0 aromatic carbocycles. The number of carbonyl (C=O) groups excluding carboxylic acids is 1. The molecule has 2 fully saturated rings. The monoisotopic (exact) mass is 363 g/mol. The van der Waals surface area contributed by atoms with Crippen LogP contribution in [0.3, 0.4) is 0 Å². The topological polar surface area (TPSA) is 71.4 Å². The highest BCUT2D eigenvalue weighted by atomic mass is 16.5. The van der Waals surface area contributed by atoms with E-state index in [9.17, 15) is 4.79 Å². The molecule has 2 N–H and O–H groups in total. The van der Waals surface area contributed by atoms with Crippen LogP contribution in [-0.4, -0.2) is 59.1 Å². The maximum absolute atomic E-state index is 12.4. The zero-order valence-corrected chi connectivity index (χ0v) is 16.5. The van der Waals surface area contributed by atoms with Crippen LogP contribution in [0.1, 0.15) is 52.1 Å². The van der Waals surface area contributed by atoms with E-state index < -0.39 is 0 Å². The number of nitrogens with zero attached hydrogens (tertiary/aromatic N) is 3. The van der Waals surface area contributed by atoms with Gasteiger partial charge in [-0.05, 0) is 25.7 Å². The Morgan fingerprint density at radius 1 is 1.31 bits per heavy atom. The molecule has 146 valence electrons. The van der Waals surface area contributed by atoms with Crippen molar-refractivity contribution >= 4 is 11.8 Å². The first kappa shape index (κ1) is 19.2. The summed E-state index contributed by atoms with van der Waals surface area (Å²) >= 11 is 0. The first-order chi connectivity index (χ1) is 12.3. The highest BCUT2D eigenvalue weighted by molar-refractivity contribution is 5.88. The minimum Gasteiger partial charge on any atom is -0.377 e. The molecule has 7 heteroatoms. The zero-order chi connectivity index (χ0) is 18.7. The Balaban J connectivity index is 1.43. The van der Waals surface area contributed by atoms with Gasteiger partial charge in [0.1, 0.15) is 5.82 Å². The molecule has 1 aromatic rings.